The Labute approximate surface area is 180 Å². The summed E-state index contributed by atoms with van der Waals surface area (Å²) in [5.41, 5.74) is 1.56. The molecule has 0 N–H and O–H groups in total. The largest absolute Gasteiger partial charge is 0.377 e. The van der Waals surface area contributed by atoms with Gasteiger partial charge in [0.25, 0.3) is 10.1 Å². The van der Waals surface area contributed by atoms with Gasteiger partial charge in [-0.3, -0.25) is 4.18 Å². The smallest absolute Gasteiger partial charge is 0.264 e. The van der Waals surface area contributed by atoms with Gasteiger partial charge in [0.1, 0.15) is 18.2 Å². The van der Waals surface area contributed by atoms with Crippen molar-refractivity contribution in [2.75, 3.05) is 37.5 Å². The Morgan fingerprint density at radius 3 is 2.77 bits per heavy atom. The molecule has 1 saturated heterocycles. The summed E-state index contributed by atoms with van der Waals surface area (Å²) in [7, 11) is -4.70. The highest BCUT2D eigenvalue weighted by atomic mass is 32.2. The molecule has 0 radical (unpaired) electrons. The van der Waals surface area contributed by atoms with Gasteiger partial charge in [0.15, 0.2) is 0 Å². The zero-order chi connectivity index (χ0) is 21.9. The van der Waals surface area contributed by atoms with Crippen LogP contribution in [0.5, 0.6) is 0 Å². The molecule has 1 unspecified atom stereocenters. The maximum Gasteiger partial charge on any atom is 0.264 e. The van der Waals surface area contributed by atoms with Crippen LogP contribution in [0, 0.1) is 0 Å². The predicted molar refractivity (Wildman–Crippen MR) is 121 cm³/mol. The molecule has 168 valence electrons. The van der Waals surface area contributed by atoms with Crippen molar-refractivity contribution in [3.63, 3.8) is 0 Å². The van der Waals surface area contributed by atoms with Gasteiger partial charge in [-0.15, -0.1) is 0 Å². The Morgan fingerprint density at radius 2 is 2.10 bits per heavy atom. The molecule has 0 amide bonds. The van der Waals surface area contributed by atoms with Crippen molar-refractivity contribution in [1.29, 1.82) is 0 Å². The van der Waals surface area contributed by atoms with Gasteiger partial charge >= 0.3 is 0 Å². The molecule has 0 spiro atoms. The van der Waals surface area contributed by atoms with Crippen LogP contribution in [0.15, 0.2) is 18.3 Å². The first-order valence-electron chi connectivity index (χ1n) is 10.3. The molecule has 0 aromatic carbocycles. The highest BCUT2D eigenvalue weighted by molar-refractivity contribution is 7.85. The first kappa shape index (κ1) is 23.2. The first-order chi connectivity index (χ1) is 14.0. The number of hydrogen-bond acceptors (Lipinski definition) is 7. The van der Waals surface area contributed by atoms with E-state index < -0.39 is 18.2 Å². The van der Waals surface area contributed by atoms with E-state index in [0.717, 1.165) is 47.9 Å². The van der Waals surface area contributed by atoms with Gasteiger partial charge in [0.2, 0.25) is 0 Å². The molecule has 0 saturated carbocycles. The van der Waals surface area contributed by atoms with Gasteiger partial charge < -0.3 is 18.9 Å². The summed E-state index contributed by atoms with van der Waals surface area (Å²) >= 11 is 0. The number of hydrogen-bond donors (Lipinski definition) is 0. The summed E-state index contributed by atoms with van der Waals surface area (Å²) in [5.74, 6) is 0.799. The van der Waals surface area contributed by atoms with Crippen LogP contribution in [-0.4, -0.2) is 64.7 Å². The number of anilines is 1. The minimum Gasteiger partial charge on any atom is -0.377 e. The van der Waals surface area contributed by atoms with Crippen LogP contribution >= 0.6 is 0 Å². The standard InChI is InChI=1S/C20H33N3O5SSi/c1-16-13-26-9-8-23(16)19-12-17(14-28-29(2,24)25)18-6-7-22(20(18)21-19)15-27-10-11-30(3,4)5/h6-7,12,16H,8-11,13-15H2,1-5H3. The zero-order valence-corrected chi connectivity index (χ0v) is 20.4. The molecular weight excluding hydrogens is 422 g/mol. The average molecular weight is 456 g/mol. The Kier molecular flexibility index (Phi) is 7.23. The summed E-state index contributed by atoms with van der Waals surface area (Å²) in [5, 5.41) is 0.872. The molecule has 1 aliphatic rings. The van der Waals surface area contributed by atoms with E-state index in [1.165, 1.54) is 0 Å². The van der Waals surface area contributed by atoms with Gasteiger partial charge in [0, 0.05) is 32.8 Å². The highest BCUT2D eigenvalue weighted by Gasteiger charge is 2.23. The number of morpholine rings is 1. The van der Waals surface area contributed by atoms with Crippen LogP contribution in [0.2, 0.25) is 25.7 Å². The Balaban J connectivity index is 1.90. The number of aromatic nitrogens is 2. The summed E-state index contributed by atoms with van der Waals surface area (Å²) in [6.07, 6.45) is 3.00. The van der Waals surface area contributed by atoms with Crippen LogP contribution in [-0.2, 0) is 37.1 Å². The molecule has 10 heteroatoms. The summed E-state index contributed by atoms with van der Waals surface area (Å²) in [4.78, 5) is 7.09. The lowest BCUT2D eigenvalue weighted by atomic mass is 10.1. The minimum atomic E-state index is -3.55. The second-order valence-corrected chi connectivity index (χ2v) is 16.4. The molecule has 30 heavy (non-hydrogen) atoms. The summed E-state index contributed by atoms with van der Waals surface area (Å²) in [6.45, 7) is 12.2. The van der Waals surface area contributed by atoms with Crippen molar-refractivity contribution in [2.45, 2.75) is 52.0 Å². The maximum atomic E-state index is 11.6. The molecule has 0 aliphatic carbocycles. The fourth-order valence-corrected chi connectivity index (χ4v) is 4.46. The van der Waals surface area contributed by atoms with Crippen molar-refractivity contribution in [3.05, 3.63) is 23.9 Å². The van der Waals surface area contributed by atoms with Gasteiger partial charge in [0.05, 0.1) is 32.1 Å². The summed E-state index contributed by atoms with van der Waals surface area (Å²) in [6, 6.07) is 5.15. The van der Waals surface area contributed by atoms with Crippen LogP contribution in [0.1, 0.15) is 12.5 Å². The number of rotatable bonds is 9. The average Bonchev–Trinajstić information content (AvgIpc) is 3.05. The summed E-state index contributed by atoms with van der Waals surface area (Å²) < 4.78 is 41.6. The van der Waals surface area contributed by atoms with Gasteiger partial charge in [-0.1, -0.05) is 19.6 Å². The molecule has 1 aliphatic heterocycles. The number of ether oxygens (including phenoxy) is 2. The minimum absolute atomic E-state index is 0.0237. The molecule has 2 aromatic heterocycles. The van der Waals surface area contributed by atoms with Crippen molar-refractivity contribution in [1.82, 2.24) is 9.55 Å². The molecule has 8 nitrogen and oxygen atoms in total. The highest BCUT2D eigenvalue weighted by Crippen LogP contribution is 2.27. The molecule has 1 atom stereocenters. The quantitative estimate of drug-likeness (QED) is 0.326. The zero-order valence-electron chi connectivity index (χ0n) is 18.6. The lowest BCUT2D eigenvalue weighted by Gasteiger charge is -2.34. The van der Waals surface area contributed by atoms with E-state index in [0.29, 0.717) is 19.9 Å². The first-order valence-corrected chi connectivity index (χ1v) is 15.8. The monoisotopic (exact) mass is 455 g/mol. The second kappa shape index (κ2) is 9.35. The Morgan fingerprint density at radius 1 is 1.33 bits per heavy atom. The fourth-order valence-electron chi connectivity index (χ4n) is 3.36. The van der Waals surface area contributed by atoms with E-state index in [4.69, 9.17) is 18.6 Å². The third-order valence-corrected chi connectivity index (χ3v) is 7.37. The number of nitrogens with zero attached hydrogens (tertiary/aromatic N) is 3. The van der Waals surface area contributed by atoms with Gasteiger partial charge in [-0.05, 0) is 30.7 Å². The topological polar surface area (TPSA) is 82.9 Å². The van der Waals surface area contributed by atoms with E-state index in [2.05, 4.69) is 31.5 Å². The second-order valence-electron chi connectivity index (χ2n) is 9.09. The molecule has 3 rings (SSSR count). The molecule has 2 aromatic rings. The third kappa shape index (κ3) is 6.27. The Bertz CT molecular complexity index is 971. The van der Waals surface area contributed by atoms with Crippen LogP contribution in [0.4, 0.5) is 5.82 Å². The molecule has 3 heterocycles. The van der Waals surface area contributed by atoms with Crippen molar-refractivity contribution < 1.29 is 22.1 Å². The van der Waals surface area contributed by atoms with Crippen LogP contribution < -0.4 is 4.90 Å². The van der Waals surface area contributed by atoms with Crippen LogP contribution in [0.3, 0.4) is 0 Å². The van der Waals surface area contributed by atoms with Crippen molar-refractivity contribution >= 4 is 35.0 Å². The van der Waals surface area contributed by atoms with E-state index in [-0.39, 0.29) is 12.6 Å². The van der Waals surface area contributed by atoms with E-state index >= 15 is 0 Å². The van der Waals surface area contributed by atoms with Crippen LogP contribution in [0.25, 0.3) is 11.0 Å². The van der Waals surface area contributed by atoms with Crippen molar-refractivity contribution in [2.24, 2.45) is 0 Å². The predicted octanol–water partition coefficient (Wildman–Crippen LogP) is 3.05. The number of pyridine rings is 1. The molecule has 0 bridgehead atoms. The van der Waals surface area contributed by atoms with Gasteiger partial charge in [-0.25, -0.2) is 4.98 Å². The molecular formula is C20H33N3O5SSi. The normalized spacial score (nSPS) is 18.3. The third-order valence-electron chi connectivity index (χ3n) is 5.12. The van der Waals surface area contributed by atoms with E-state index in [1.807, 2.05) is 22.9 Å². The fraction of sp³-hybridized carbons (Fsp3) is 0.650. The molecule has 1 fully saturated rings. The van der Waals surface area contributed by atoms with Gasteiger partial charge in [-0.2, -0.15) is 8.42 Å². The van der Waals surface area contributed by atoms with Crippen molar-refractivity contribution in [3.8, 4) is 0 Å². The maximum absolute atomic E-state index is 11.6. The number of fused-ring (bicyclic) bond motifs is 1. The SMILES string of the molecule is CC1COCCN1c1cc(COS(C)(=O)=O)c2ccn(COCC[Si](C)(C)C)c2n1. The van der Waals surface area contributed by atoms with E-state index in [1.54, 1.807) is 0 Å². The van der Waals surface area contributed by atoms with E-state index in [9.17, 15) is 8.42 Å². The Hall–Kier alpha value is -1.46. The lowest BCUT2D eigenvalue weighted by Crippen LogP contribution is -2.44. The lowest BCUT2D eigenvalue weighted by molar-refractivity contribution is 0.0897.